The monoisotopic (exact) mass is 427 g/mol. The Balaban J connectivity index is 1.46. The zero-order valence-corrected chi connectivity index (χ0v) is 17.3. The molecule has 7 nitrogen and oxygen atoms in total. The number of piperidine rings is 1. The van der Waals surface area contributed by atoms with Crippen molar-refractivity contribution in [2.75, 3.05) is 13.1 Å². The molecule has 31 heavy (non-hydrogen) atoms. The maximum absolute atomic E-state index is 13.7. The maximum atomic E-state index is 13.7. The molecule has 1 fully saturated rings. The lowest BCUT2D eigenvalue weighted by molar-refractivity contribution is -0.138. The second kappa shape index (κ2) is 10.6. The predicted molar refractivity (Wildman–Crippen MR) is 112 cm³/mol. The molecule has 3 amide bonds. The van der Waals surface area contributed by atoms with Gasteiger partial charge in [0.1, 0.15) is 0 Å². The summed E-state index contributed by atoms with van der Waals surface area (Å²) in [6, 6.07) is 15.2. The predicted octanol–water partition coefficient (Wildman–Crippen LogP) is 2.22. The summed E-state index contributed by atoms with van der Waals surface area (Å²) < 4.78 is 18.9. The molecule has 1 saturated heterocycles. The summed E-state index contributed by atoms with van der Waals surface area (Å²) in [6.45, 7) is 2.36. The van der Waals surface area contributed by atoms with Crippen LogP contribution in [0.4, 0.5) is 4.39 Å². The van der Waals surface area contributed by atoms with Crippen molar-refractivity contribution >= 4 is 17.7 Å². The molecule has 0 aromatic heterocycles. The molecule has 2 aromatic rings. The Kier molecular flexibility index (Phi) is 7.59. The summed E-state index contributed by atoms with van der Waals surface area (Å²) in [5.41, 5.74) is 5.63. The second-order valence-electron chi connectivity index (χ2n) is 7.51. The van der Waals surface area contributed by atoms with Crippen molar-refractivity contribution in [3.8, 4) is 5.75 Å². The lowest BCUT2D eigenvalue weighted by Crippen LogP contribution is -2.52. The molecule has 1 aliphatic rings. The van der Waals surface area contributed by atoms with Crippen molar-refractivity contribution in [3.05, 3.63) is 66.0 Å². The number of rotatable bonds is 6. The first kappa shape index (κ1) is 22.3. The SMILES string of the molecule is CC(Oc1ccccc1F)C(=O)NNC(=O)C1CCCN(C(=O)Cc2ccccc2)C1. The van der Waals surface area contributed by atoms with Crippen LogP contribution in [-0.4, -0.2) is 41.8 Å². The third-order valence-corrected chi connectivity index (χ3v) is 5.16. The molecule has 8 heteroatoms. The number of halogens is 1. The van der Waals surface area contributed by atoms with Crippen LogP contribution in [0.15, 0.2) is 54.6 Å². The van der Waals surface area contributed by atoms with Crippen LogP contribution in [0.5, 0.6) is 5.75 Å². The van der Waals surface area contributed by atoms with E-state index in [0.29, 0.717) is 25.9 Å². The van der Waals surface area contributed by atoms with E-state index in [9.17, 15) is 18.8 Å². The first-order valence-electron chi connectivity index (χ1n) is 10.3. The van der Waals surface area contributed by atoms with Gasteiger partial charge < -0.3 is 9.64 Å². The van der Waals surface area contributed by atoms with E-state index >= 15 is 0 Å². The van der Waals surface area contributed by atoms with Crippen molar-refractivity contribution in [2.24, 2.45) is 5.92 Å². The van der Waals surface area contributed by atoms with E-state index in [1.165, 1.54) is 25.1 Å². The van der Waals surface area contributed by atoms with Crippen molar-refractivity contribution in [1.82, 2.24) is 15.8 Å². The molecule has 2 atom stereocenters. The molecule has 164 valence electrons. The number of likely N-dealkylation sites (tertiary alicyclic amines) is 1. The standard InChI is InChI=1S/C23H26FN3O4/c1-16(31-20-12-6-5-11-19(20)24)22(29)25-26-23(30)18-10-7-13-27(15-18)21(28)14-17-8-3-2-4-9-17/h2-6,8-9,11-12,16,18H,7,10,13-15H2,1H3,(H,25,29)(H,26,30). The molecule has 2 unspecified atom stereocenters. The van der Waals surface area contributed by atoms with E-state index in [4.69, 9.17) is 4.74 Å². The molecule has 0 aliphatic carbocycles. The number of carbonyl (C=O) groups excluding carboxylic acids is 3. The van der Waals surface area contributed by atoms with Gasteiger partial charge in [0, 0.05) is 13.1 Å². The number of hydrazine groups is 1. The molecule has 2 aromatic carbocycles. The zero-order chi connectivity index (χ0) is 22.2. The number of hydrogen-bond acceptors (Lipinski definition) is 4. The van der Waals surface area contributed by atoms with Crippen LogP contribution in [-0.2, 0) is 20.8 Å². The summed E-state index contributed by atoms with van der Waals surface area (Å²) >= 11 is 0. The number of ether oxygens (including phenoxy) is 1. The van der Waals surface area contributed by atoms with Crippen LogP contribution >= 0.6 is 0 Å². The van der Waals surface area contributed by atoms with Crippen molar-refractivity contribution in [2.45, 2.75) is 32.3 Å². The van der Waals surface area contributed by atoms with E-state index in [0.717, 1.165) is 5.56 Å². The fraction of sp³-hybridized carbons (Fsp3) is 0.348. The van der Waals surface area contributed by atoms with E-state index in [-0.39, 0.29) is 24.0 Å². The number of amides is 3. The van der Waals surface area contributed by atoms with Gasteiger partial charge in [0.15, 0.2) is 17.7 Å². The highest BCUT2D eigenvalue weighted by Crippen LogP contribution is 2.18. The van der Waals surface area contributed by atoms with Gasteiger partial charge >= 0.3 is 0 Å². The van der Waals surface area contributed by atoms with Gasteiger partial charge in [0.25, 0.3) is 5.91 Å². The normalized spacial score (nSPS) is 16.8. The first-order valence-corrected chi connectivity index (χ1v) is 10.3. The van der Waals surface area contributed by atoms with Gasteiger partial charge in [-0.15, -0.1) is 0 Å². The van der Waals surface area contributed by atoms with Crippen LogP contribution in [0.1, 0.15) is 25.3 Å². The first-order chi connectivity index (χ1) is 14.9. The topological polar surface area (TPSA) is 87.7 Å². The highest BCUT2D eigenvalue weighted by molar-refractivity contribution is 5.86. The number of nitrogens with one attached hydrogen (secondary N) is 2. The fourth-order valence-corrected chi connectivity index (χ4v) is 3.41. The minimum atomic E-state index is -1.01. The number of carbonyl (C=O) groups is 3. The Morgan fingerprint density at radius 2 is 1.81 bits per heavy atom. The quantitative estimate of drug-likeness (QED) is 0.692. The zero-order valence-electron chi connectivity index (χ0n) is 17.3. The highest BCUT2D eigenvalue weighted by Gasteiger charge is 2.29. The summed E-state index contributed by atoms with van der Waals surface area (Å²) in [4.78, 5) is 38.9. The molecule has 0 radical (unpaired) electrons. The lowest BCUT2D eigenvalue weighted by atomic mass is 9.97. The number of hydrogen-bond donors (Lipinski definition) is 2. The number of nitrogens with zero attached hydrogens (tertiary/aromatic N) is 1. The molecule has 2 N–H and O–H groups in total. The van der Waals surface area contributed by atoms with Gasteiger partial charge in [-0.2, -0.15) is 0 Å². The van der Waals surface area contributed by atoms with Crippen LogP contribution < -0.4 is 15.6 Å². The molecule has 0 spiro atoms. The van der Waals surface area contributed by atoms with E-state index in [1.54, 1.807) is 11.0 Å². The molecule has 0 bridgehead atoms. The van der Waals surface area contributed by atoms with Gasteiger partial charge in [0.2, 0.25) is 11.8 Å². The van der Waals surface area contributed by atoms with Gasteiger partial charge in [-0.1, -0.05) is 42.5 Å². The number of para-hydroxylation sites is 1. The third-order valence-electron chi connectivity index (χ3n) is 5.16. The average molecular weight is 427 g/mol. The van der Waals surface area contributed by atoms with Crippen LogP contribution in [0.25, 0.3) is 0 Å². The molecular formula is C23H26FN3O4. The second-order valence-corrected chi connectivity index (χ2v) is 7.51. The van der Waals surface area contributed by atoms with Crippen molar-refractivity contribution in [1.29, 1.82) is 0 Å². The Bertz CT molecular complexity index is 922. The van der Waals surface area contributed by atoms with Crippen LogP contribution in [0, 0.1) is 11.7 Å². The Morgan fingerprint density at radius 1 is 1.10 bits per heavy atom. The van der Waals surface area contributed by atoms with E-state index in [1.807, 2.05) is 30.3 Å². The number of benzene rings is 2. The summed E-state index contributed by atoms with van der Waals surface area (Å²) in [7, 11) is 0. The van der Waals surface area contributed by atoms with E-state index in [2.05, 4.69) is 10.9 Å². The summed E-state index contributed by atoms with van der Waals surface area (Å²) in [5, 5.41) is 0. The summed E-state index contributed by atoms with van der Waals surface area (Å²) in [5.74, 6) is -2.05. The Hall–Kier alpha value is -3.42. The average Bonchev–Trinajstić information content (AvgIpc) is 2.79. The molecule has 1 heterocycles. The van der Waals surface area contributed by atoms with E-state index < -0.39 is 23.7 Å². The van der Waals surface area contributed by atoms with Crippen LogP contribution in [0.3, 0.4) is 0 Å². The highest BCUT2D eigenvalue weighted by atomic mass is 19.1. The van der Waals surface area contributed by atoms with Crippen molar-refractivity contribution < 1.29 is 23.5 Å². The third kappa shape index (κ3) is 6.28. The van der Waals surface area contributed by atoms with Crippen LogP contribution in [0.2, 0.25) is 0 Å². The van der Waals surface area contributed by atoms with Gasteiger partial charge in [0.05, 0.1) is 12.3 Å². The maximum Gasteiger partial charge on any atom is 0.279 e. The smallest absolute Gasteiger partial charge is 0.279 e. The van der Waals surface area contributed by atoms with Gasteiger partial charge in [-0.3, -0.25) is 25.2 Å². The molecule has 1 aliphatic heterocycles. The molecule has 0 saturated carbocycles. The molecular weight excluding hydrogens is 401 g/mol. The van der Waals surface area contributed by atoms with Crippen molar-refractivity contribution in [3.63, 3.8) is 0 Å². The lowest BCUT2D eigenvalue weighted by Gasteiger charge is -2.32. The fourth-order valence-electron chi connectivity index (χ4n) is 3.41. The molecule has 3 rings (SSSR count). The Labute approximate surface area is 180 Å². The minimum Gasteiger partial charge on any atom is -0.478 e. The minimum absolute atomic E-state index is 0.0281. The van der Waals surface area contributed by atoms with Gasteiger partial charge in [-0.05, 0) is 37.5 Å². The Morgan fingerprint density at radius 3 is 2.55 bits per heavy atom. The largest absolute Gasteiger partial charge is 0.478 e. The summed E-state index contributed by atoms with van der Waals surface area (Å²) in [6.07, 6.45) is 0.612. The van der Waals surface area contributed by atoms with Gasteiger partial charge in [-0.25, -0.2) is 4.39 Å².